The summed E-state index contributed by atoms with van der Waals surface area (Å²) in [6.07, 6.45) is 4.28. The molecule has 1 aliphatic rings. The van der Waals surface area contributed by atoms with Crippen molar-refractivity contribution >= 4 is 28.9 Å². The van der Waals surface area contributed by atoms with E-state index in [1.54, 1.807) is 0 Å². The number of hydrogen-bond donors (Lipinski definition) is 0. The Morgan fingerprint density at radius 2 is 2.25 bits per heavy atom. The molecular formula is C6H7IO. The molecule has 0 amide bonds. The average Bonchev–Trinajstić information content (AvgIpc) is 2.14. The van der Waals surface area contributed by atoms with Crippen LogP contribution in [-0.2, 0) is 4.79 Å². The molecule has 0 radical (unpaired) electrons. The summed E-state index contributed by atoms with van der Waals surface area (Å²) in [6, 6.07) is 0. The second-order valence-corrected chi connectivity index (χ2v) is 3.20. The van der Waals surface area contributed by atoms with Crippen molar-refractivity contribution in [3.05, 3.63) is 9.15 Å². The van der Waals surface area contributed by atoms with E-state index in [9.17, 15) is 4.79 Å². The van der Waals surface area contributed by atoms with Gasteiger partial charge in [-0.05, 0) is 45.4 Å². The van der Waals surface area contributed by atoms with Crippen LogP contribution in [0.5, 0.6) is 0 Å². The predicted octanol–water partition coefficient (Wildman–Crippen LogP) is 2.06. The lowest BCUT2D eigenvalue weighted by Gasteiger charge is -1.84. The molecule has 0 aromatic heterocycles. The summed E-state index contributed by atoms with van der Waals surface area (Å²) in [5.41, 5.74) is 1.02. The Bertz CT molecular complexity index is 137. The highest BCUT2D eigenvalue weighted by Gasteiger charge is 2.09. The van der Waals surface area contributed by atoms with E-state index in [1.807, 2.05) is 0 Å². The molecule has 0 atom stereocenters. The van der Waals surface area contributed by atoms with Gasteiger partial charge in [0.1, 0.15) is 6.29 Å². The van der Waals surface area contributed by atoms with Crippen molar-refractivity contribution in [2.75, 3.05) is 0 Å². The molecule has 1 aliphatic carbocycles. The van der Waals surface area contributed by atoms with Gasteiger partial charge >= 0.3 is 0 Å². The van der Waals surface area contributed by atoms with E-state index in [-0.39, 0.29) is 0 Å². The molecular weight excluding hydrogens is 215 g/mol. The van der Waals surface area contributed by atoms with Gasteiger partial charge in [0.15, 0.2) is 0 Å². The number of halogens is 1. The monoisotopic (exact) mass is 222 g/mol. The zero-order valence-corrected chi connectivity index (χ0v) is 6.64. The Morgan fingerprint density at radius 3 is 2.50 bits per heavy atom. The van der Waals surface area contributed by atoms with Gasteiger partial charge in [0.25, 0.3) is 0 Å². The van der Waals surface area contributed by atoms with Gasteiger partial charge in [-0.25, -0.2) is 0 Å². The minimum Gasteiger partial charge on any atom is -0.298 e. The third kappa shape index (κ3) is 1.10. The molecule has 0 aromatic rings. The fourth-order valence-corrected chi connectivity index (χ4v) is 1.63. The highest BCUT2D eigenvalue weighted by molar-refractivity contribution is 14.1. The molecule has 44 valence electrons. The van der Waals surface area contributed by atoms with Crippen LogP contribution in [0, 0.1) is 0 Å². The third-order valence-electron chi connectivity index (χ3n) is 1.33. The molecule has 0 unspecified atom stereocenters. The van der Waals surface area contributed by atoms with Gasteiger partial charge in [-0.3, -0.25) is 4.79 Å². The molecule has 0 fully saturated rings. The Labute approximate surface area is 62.3 Å². The second-order valence-electron chi connectivity index (χ2n) is 1.90. The topological polar surface area (TPSA) is 17.1 Å². The summed E-state index contributed by atoms with van der Waals surface area (Å²) >= 11 is 2.24. The standard InChI is InChI=1S/C6H7IO/c7-6-3-1-2-5(6)4-8/h4H,1-3H2. The van der Waals surface area contributed by atoms with E-state index in [1.165, 1.54) is 10.0 Å². The van der Waals surface area contributed by atoms with Crippen LogP contribution in [0.15, 0.2) is 9.15 Å². The van der Waals surface area contributed by atoms with Crippen molar-refractivity contribution in [1.29, 1.82) is 0 Å². The third-order valence-corrected chi connectivity index (χ3v) is 2.57. The molecule has 0 bridgehead atoms. The van der Waals surface area contributed by atoms with E-state index < -0.39 is 0 Å². The molecule has 8 heavy (non-hydrogen) atoms. The average molecular weight is 222 g/mol. The largest absolute Gasteiger partial charge is 0.298 e. The highest BCUT2D eigenvalue weighted by Crippen LogP contribution is 2.28. The molecule has 2 heteroatoms. The van der Waals surface area contributed by atoms with Gasteiger partial charge in [-0.2, -0.15) is 0 Å². The van der Waals surface area contributed by atoms with Crippen LogP contribution >= 0.6 is 22.6 Å². The van der Waals surface area contributed by atoms with E-state index in [4.69, 9.17) is 0 Å². The molecule has 0 N–H and O–H groups in total. The maximum absolute atomic E-state index is 10.2. The number of carbonyl (C=O) groups is 1. The van der Waals surface area contributed by atoms with Crippen LogP contribution < -0.4 is 0 Å². The van der Waals surface area contributed by atoms with Crippen LogP contribution in [0.25, 0.3) is 0 Å². The van der Waals surface area contributed by atoms with Gasteiger partial charge in [-0.1, -0.05) is 0 Å². The highest BCUT2D eigenvalue weighted by atomic mass is 127. The van der Waals surface area contributed by atoms with Crippen molar-refractivity contribution in [3.8, 4) is 0 Å². The first-order chi connectivity index (χ1) is 3.84. The fraction of sp³-hybridized carbons (Fsp3) is 0.500. The maximum atomic E-state index is 10.2. The molecule has 0 aliphatic heterocycles. The SMILES string of the molecule is O=CC1=C(I)CCC1. The molecule has 0 saturated carbocycles. The molecule has 1 nitrogen and oxygen atoms in total. The van der Waals surface area contributed by atoms with Crippen molar-refractivity contribution in [1.82, 2.24) is 0 Å². The second kappa shape index (κ2) is 2.62. The summed E-state index contributed by atoms with van der Waals surface area (Å²) < 4.78 is 1.26. The number of rotatable bonds is 1. The maximum Gasteiger partial charge on any atom is 0.146 e. The Kier molecular flexibility index (Phi) is 2.05. The zero-order chi connectivity index (χ0) is 5.98. The summed E-state index contributed by atoms with van der Waals surface area (Å²) in [6.45, 7) is 0. The van der Waals surface area contributed by atoms with Crippen LogP contribution in [-0.4, -0.2) is 6.29 Å². The minimum absolute atomic E-state index is 0.981. The quantitative estimate of drug-likeness (QED) is 0.490. The summed E-state index contributed by atoms with van der Waals surface area (Å²) in [7, 11) is 0. The lowest BCUT2D eigenvalue weighted by atomic mass is 10.3. The van der Waals surface area contributed by atoms with E-state index in [0.29, 0.717) is 0 Å². The van der Waals surface area contributed by atoms with Gasteiger partial charge in [0, 0.05) is 5.57 Å². The lowest BCUT2D eigenvalue weighted by Crippen LogP contribution is -1.76. The van der Waals surface area contributed by atoms with Crippen molar-refractivity contribution in [2.24, 2.45) is 0 Å². The Morgan fingerprint density at radius 1 is 1.50 bits per heavy atom. The molecule has 0 heterocycles. The number of allylic oxidation sites excluding steroid dienone is 2. The normalized spacial score (nSPS) is 19.6. The lowest BCUT2D eigenvalue weighted by molar-refractivity contribution is -0.105. The first kappa shape index (κ1) is 6.26. The smallest absolute Gasteiger partial charge is 0.146 e. The summed E-state index contributed by atoms with van der Waals surface area (Å²) in [5.74, 6) is 0. The van der Waals surface area contributed by atoms with Gasteiger partial charge < -0.3 is 0 Å². The van der Waals surface area contributed by atoms with Crippen molar-refractivity contribution < 1.29 is 4.79 Å². The van der Waals surface area contributed by atoms with E-state index in [2.05, 4.69) is 22.6 Å². The van der Waals surface area contributed by atoms with Crippen molar-refractivity contribution in [2.45, 2.75) is 19.3 Å². The van der Waals surface area contributed by atoms with Gasteiger partial charge in [0.2, 0.25) is 0 Å². The number of hydrogen-bond acceptors (Lipinski definition) is 1. The van der Waals surface area contributed by atoms with Crippen LogP contribution in [0.2, 0.25) is 0 Å². The number of carbonyl (C=O) groups excluding carboxylic acids is 1. The van der Waals surface area contributed by atoms with E-state index >= 15 is 0 Å². The van der Waals surface area contributed by atoms with Crippen LogP contribution in [0.1, 0.15) is 19.3 Å². The van der Waals surface area contributed by atoms with E-state index in [0.717, 1.165) is 24.7 Å². The molecule has 0 spiro atoms. The number of aldehydes is 1. The Hall–Kier alpha value is 0.140. The van der Waals surface area contributed by atoms with Crippen molar-refractivity contribution in [3.63, 3.8) is 0 Å². The molecule has 0 saturated heterocycles. The molecule has 0 aromatic carbocycles. The van der Waals surface area contributed by atoms with Gasteiger partial charge in [0.05, 0.1) is 0 Å². The summed E-state index contributed by atoms with van der Waals surface area (Å²) in [5, 5.41) is 0. The summed E-state index contributed by atoms with van der Waals surface area (Å²) in [4.78, 5) is 10.2. The first-order valence-electron chi connectivity index (χ1n) is 2.67. The predicted molar refractivity (Wildman–Crippen MR) is 41.0 cm³/mol. The molecule has 1 rings (SSSR count). The zero-order valence-electron chi connectivity index (χ0n) is 4.48. The van der Waals surface area contributed by atoms with Crippen LogP contribution in [0.3, 0.4) is 0 Å². The first-order valence-corrected chi connectivity index (χ1v) is 3.75. The minimum atomic E-state index is 0.981. The Balaban J connectivity index is 2.72. The van der Waals surface area contributed by atoms with Crippen LogP contribution in [0.4, 0.5) is 0 Å². The fourth-order valence-electron chi connectivity index (χ4n) is 0.853. The van der Waals surface area contributed by atoms with Gasteiger partial charge in [-0.15, -0.1) is 0 Å².